The minimum atomic E-state index is -1.06. The fraction of sp³-hybridized carbons (Fsp3) is 0.696. The van der Waals surface area contributed by atoms with E-state index in [1.54, 1.807) is 14.1 Å². The van der Waals surface area contributed by atoms with E-state index in [0.717, 1.165) is 55.0 Å². The third-order valence-corrected chi connectivity index (χ3v) is 11.7. The van der Waals surface area contributed by atoms with Gasteiger partial charge in [-0.05, 0) is 61.0 Å². The van der Waals surface area contributed by atoms with E-state index < -0.39 is 72.2 Å². The molecule has 0 bridgehead atoms. The maximum absolute atomic E-state index is 14.8. The summed E-state index contributed by atoms with van der Waals surface area (Å²) < 4.78 is 1.98. The van der Waals surface area contributed by atoms with Gasteiger partial charge in [0.15, 0.2) is 0 Å². The van der Waals surface area contributed by atoms with E-state index >= 15 is 0 Å². The highest BCUT2D eigenvalue weighted by atomic mass is 16.2. The molecule has 0 saturated carbocycles. The number of carbonyl (C=O) groups excluding carboxylic acids is 6. The van der Waals surface area contributed by atoms with Crippen LogP contribution < -0.4 is 21.3 Å². The Balaban J connectivity index is 2.17. The number of benzene rings is 1. The first-order chi connectivity index (χ1) is 27.9. The molecule has 13 nitrogen and oxygen atoms in total. The maximum atomic E-state index is 14.8. The predicted octanol–water partition coefficient (Wildman–Crippen LogP) is 5.48. The van der Waals surface area contributed by atoms with Crippen LogP contribution in [0.3, 0.4) is 0 Å². The lowest BCUT2D eigenvalue weighted by Crippen LogP contribution is -2.61. The first-order valence-electron chi connectivity index (χ1n) is 22.1. The molecule has 0 spiro atoms. The van der Waals surface area contributed by atoms with Gasteiger partial charge in [-0.3, -0.25) is 28.8 Å². The molecule has 59 heavy (non-hydrogen) atoms. The Kier molecular flexibility index (Phi) is 19.4. The highest BCUT2D eigenvalue weighted by Crippen LogP contribution is 2.25. The molecule has 1 fully saturated rings. The fourth-order valence-corrected chi connectivity index (χ4v) is 8.25. The summed E-state index contributed by atoms with van der Waals surface area (Å²) in [5, 5.41) is 12.6. The molecular formula is C46H75N7O6. The van der Waals surface area contributed by atoms with Crippen LogP contribution in [-0.2, 0) is 42.2 Å². The number of rotatable bonds is 16. The van der Waals surface area contributed by atoms with Crippen molar-refractivity contribution in [1.29, 1.82) is 0 Å². The summed E-state index contributed by atoms with van der Waals surface area (Å²) in [5.41, 5.74) is 1.81. The molecular weight excluding hydrogens is 747 g/mol. The van der Waals surface area contributed by atoms with Crippen LogP contribution in [0.25, 0.3) is 10.9 Å². The zero-order valence-electron chi connectivity index (χ0n) is 37.9. The number of carbonyl (C=O) groups is 6. The number of nitrogens with zero attached hydrogens (tertiary/aromatic N) is 3. The summed E-state index contributed by atoms with van der Waals surface area (Å²) in [4.78, 5) is 88.7. The van der Waals surface area contributed by atoms with Crippen molar-refractivity contribution in [3.8, 4) is 0 Å². The number of nitrogens with one attached hydrogen (secondary N) is 4. The quantitative estimate of drug-likeness (QED) is 0.175. The van der Waals surface area contributed by atoms with E-state index in [0.29, 0.717) is 19.3 Å². The molecule has 3 rings (SSSR count). The van der Waals surface area contributed by atoms with Crippen molar-refractivity contribution in [2.75, 3.05) is 20.6 Å². The molecule has 330 valence electrons. The molecule has 1 aromatic carbocycles. The second-order valence-corrected chi connectivity index (χ2v) is 18.1. The van der Waals surface area contributed by atoms with Gasteiger partial charge in [-0.15, -0.1) is 0 Å². The van der Waals surface area contributed by atoms with Crippen LogP contribution in [0, 0.1) is 23.7 Å². The summed E-state index contributed by atoms with van der Waals surface area (Å²) in [6.07, 6.45) is 8.96. The van der Waals surface area contributed by atoms with Crippen molar-refractivity contribution in [1.82, 2.24) is 35.6 Å². The summed E-state index contributed by atoms with van der Waals surface area (Å²) >= 11 is 0. The van der Waals surface area contributed by atoms with E-state index in [1.165, 1.54) is 9.80 Å². The average molecular weight is 822 g/mol. The average Bonchev–Trinajstić information content (AvgIpc) is 3.51. The van der Waals surface area contributed by atoms with Crippen LogP contribution in [0.2, 0.25) is 0 Å². The minimum Gasteiger partial charge on any atom is -0.350 e. The van der Waals surface area contributed by atoms with Crippen molar-refractivity contribution in [2.24, 2.45) is 30.7 Å². The number of likely N-dealkylation sites (N-methyl/N-ethyl adjacent to an activating group) is 2. The largest absolute Gasteiger partial charge is 0.350 e. The van der Waals surface area contributed by atoms with E-state index in [4.69, 9.17) is 0 Å². The first kappa shape index (κ1) is 48.9. The van der Waals surface area contributed by atoms with Crippen molar-refractivity contribution >= 4 is 46.3 Å². The van der Waals surface area contributed by atoms with E-state index in [9.17, 15) is 28.8 Å². The second-order valence-electron chi connectivity index (χ2n) is 18.1. The van der Waals surface area contributed by atoms with Gasteiger partial charge in [0.05, 0.1) is 6.54 Å². The smallest absolute Gasteiger partial charge is 0.245 e. The molecule has 1 aromatic heterocycles. The van der Waals surface area contributed by atoms with Gasteiger partial charge in [-0.1, -0.05) is 112 Å². The van der Waals surface area contributed by atoms with Gasteiger partial charge in [-0.25, -0.2) is 0 Å². The molecule has 0 radical (unpaired) electrons. The Hall–Kier alpha value is -4.42. The number of para-hydroxylation sites is 1. The number of aryl methyl sites for hydroxylation is 1. The molecule has 0 aliphatic carbocycles. The molecule has 1 aliphatic heterocycles. The maximum Gasteiger partial charge on any atom is 0.245 e. The van der Waals surface area contributed by atoms with Crippen LogP contribution in [0.4, 0.5) is 0 Å². The van der Waals surface area contributed by atoms with Crippen molar-refractivity contribution < 1.29 is 28.8 Å². The van der Waals surface area contributed by atoms with Crippen molar-refractivity contribution in [3.63, 3.8) is 0 Å². The third kappa shape index (κ3) is 14.4. The number of hydrogen-bond donors (Lipinski definition) is 4. The Bertz CT molecular complexity index is 1720. The van der Waals surface area contributed by atoms with E-state index in [-0.39, 0.29) is 36.5 Å². The third-order valence-electron chi connectivity index (χ3n) is 11.7. The highest BCUT2D eigenvalue weighted by Gasteiger charge is 2.39. The highest BCUT2D eigenvalue weighted by molar-refractivity contribution is 5.98. The molecule has 4 N–H and O–H groups in total. The first-order valence-corrected chi connectivity index (χ1v) is 22.1. The number of amides is 6. The molecule has 1 aliphatic rings. The zero-order chi connectivity index (χ0) is 44.0. The van der Waals surface area contributed by atoms with Gasteiger partial charge < -0.3 is 35.6 Å². The fourth-order valence-electron chi connectivity index (χ4n) is 8.25. The number of aromatic nitrogens is 1. The van der Waals surface area contributed by atoms with E-state index in [2.05, 4.69) is 35.1 Å². The zero-order valence-corrected chi connectivity index (χ0v) is 37.9. The lowest BCUT2D eigenvalue weighted by molar-refractivity contribution is -0.146. The molecule has 0 unspecified atom stereocenters. The van der Waals surface area contributed by atoms with Gasteiger partial charge >= 0.3 is 0 Å². The Labute approximate surface area is 353 Å². The van der Waals surface area contributed by atoms with Gasteiger partial charge in [-0.2, -0.15) is 0 Å². The lowest BCUT2D eigenvalue weighted by atomic mass is 9.94. The lowest BCUT2D eigenvalue weighted by Gasteiger charge is -2.36. The van der Waals surface area contributed by atoms with Crippen LogP contribution in [0.15, 0.2) is 30.5 Å². The molecule has 2 aromatic rings. The van der Waals surface area contributed by atoms with Gasteiger partial charge in [0.2, 0.25) is 35.4 Å². The number of unbranched alkanes of at least 4 members (excludes halogenated alkanes) is 2. The topological polar surface area (TPSA) is 162 Å². The van der Waals surface area contributed by atoms with Gasteiger partial charge in [0.25, 0.3) is 0 Å². The predicted molar refractivity (Wildman–Crippen MR) is 234 cm³/mol. The Morgan fingerprint density at radius 2 is 1.14 bits per heavy atom. The number of hydrogen-bond acceptors (Lipinski definition) is 6. The summed E-state index contributed by atoms with van der Waals surface area (Å²) in [6, 6.07) is 2.88. The minimum absolute atomic E-state index is 0.00866. The summed E-state index contributed by atoms with van der Waals surface area (Å²) in [6.45, 7) is 15.7. The number of fused-ring (bicyclic) bond motifs is 1. The molecule has 6 amide bonds. The summed E-state index contributed by atoms with van der Waals surface area (Å²) in [7, 11) is 5.08. The van der Waals surface area contributed by atoms with Crippen molar-refractivity contribution in [3.05, 3.63) is 36.0 Å². The normalized spacial score (nSPS) is 23.2. The Morgan fingerprint density at radius 3 is 1.71 bits per heavy atom. The van der Waals surface area contributed by atoms with Crippen LogP contribution in [0.5, 0.6) is 0 Å². The van der Waals surface area contributed by atoms with Crippen molar-refractivity contribution in [2.45, 2.75) is 156 Å². The molecule has 2 heterocycles. The van der Waals surface area contributed by atoms with Crippen LogP contribution in [0.1, 0.15) is 125 Å². The summed E-state index contributed by atoms with van der Waals surface area (Å²) in [5.74, 6) is -2.74. The monoisotopic (exact) mass is 822 g/mol. The van der Waals surface area contributed by atoms with Crippen LogP contribution in [-0.4, -0.2) is 101 Å². The van der Waals surface area contributed by atoms with Crippen LogP contribution >= 0.6 is 0 Å². The molecule has 13 heteroatoms. The van der Waals surface area contributed by atoms with Gasteiger partial charge in [0, 0.05) is 44.7 Å². The molecule has 1 saturated heterocycles. The van der Waals surface area contributed by atoms with E-state index in [1.807, 2.05) is 83.6 Å². The van der Waals surface area contributed by atoms with Gasteiger partial charge in [0.1, 0.15) is 30.2 Å². The standard InChI is InChI=1S/C46H75N7O6/c1-12-14-18-31(7)24-35-42(55)47-27-41(54)48-37(25-32(8)19-15-13-2)46(59)52(10)39(23-30(5)6)43(56)50-36(22-29(3)4)45(58)53(11)40(44(57)49-35)26-33-28-51(9)38-21-17-16-20-34(33)38/h16-17,20-21,28-32,35-37,39-40H,12-15,18-19,22-27H2,1-11H3,(H,47,55)(H,48,54)(H,49,57)(H,50,56)/t31-,32-,35+,36+,37+,39+,40+/m1/s1. The second kappa shape index (κ2) is 23.4. The SMILES string of the molecule is CCCC[C@@H](C)C[C@@H]1NC(=O)[C@H](Cc2cn(C)c3ccccc23)N(C)C(=O)[C@H](CC(C)C)NC(=O)[C@H](CC(C)C)N(C)C(=O)[C@H](C[C@H](C)CCCC)NC(=O)CNC1=O. The Morgan fingerprint density at radius 1 is 0.627 bits per heavy atom. The molecule has 7 atom stereocenters.